The van der Waals surface area contributed by atoms with Crippen molar-refractivity contribution < 1.29 is 9.53 Å². The van der Waals surface area contributed by atoms with Crippen LogP contribution in [0.2, 0.25) is 0 Å². The Labute approximate surface area is 86.2 Å². The molecule has 1 N–H and O–H groups in total. The van der Waals surface area contributed by atoms with E-state index in [9.17, 15) is 4.79 Å². The number of hydrogen-bond donors (Lipinski definition) is 1. The van der Waals surface area contributed by atoms with E-state index >= 15 is 0 Å². The molecule has 0 saturated carbocycles. The molecule has 0 fully saturated rings. The highest BCUT2D eigenvalue weighted by Crippen LogP contribution is 2.05. The number of hydrogen-bond acceptors (Lipinski definition) is 3. The number of esters is 1. The molecule has 0 aliphatic rings. The molecule has 0 atom stereocenters. The van der Waals surface area contributed by atoms with Gasteiger partial charge in [0.2, 0.25) is 0 Å². The van der Waals surface area contributed by atoms with Crippen molar-refractivity contribution in [2.24, 2.45) is 0 Å². The first-order chi connectivity index (χ1) is 6.45. The molecule has 0 aromatic rings. The first kappa shape index (κ1) is 13.0. The maximum absolute atomic E-state index is 11.2. The van der Waals surface area contributed by atoms with E-state index in [2.05, 4.69) is 17.2 Å². The lowest BCUT2D eigenvalue weighted by atomic mass is 10.2. The maximum atomic E-state index is 11.2. The largest absolute Gasteiger partial charge is 0.459 e. The van der Waals surface area contributed by atoms with Gasteiger partial charge >= 0.3 is 5.97 Å². The van der Waals surface area contributed by atoms with Gasteiger partial charge in [0, 0.05) is 13.0 Å². The molecule has 3 heteroatoms. The normalized spacial score (nSPS) is 10.3. The highest BCUT2D eigenvalue weighted by molar-refractivity contribution is 5.72. The Morgan fingerprint density at radius 2 is 2.07 bits per heavy atom. The van der Waals surface area contributed by atoms with Crippen molar-refractivity contribution in [3.05, 3.63) is 0 Å². The molecule has 80 valence electrons. The number of ether oxygens (including phenoxy) is 1. The summed E-state index contributed by atoms with van der Waals surface area (Å²) in [5.74, 6) is 5.47. The molecule has 0 unspecified atom stereocenters. The lowest BCUT2D eigenvalue weighted by Gasteiger charge is -2.19. The second kappa shape index (κ2) is 6.44. The summed E-state index contributed by atoms with van der Waals surface area (Å²) in [6.45, 7) is 8.34. The summed E-state index contributed by atoms with van der Waals surface area (Å²) in [6.07, 6.45) is 0.763. The average Bonchev–Trinajstić information content (AvgIpc) is 2.00. The zero-order valence-corrected chi connectivity index (χ0v) is 9.44. The van der Waals surface area contributed by atoms with Crippen LogP contribution >= 0.6 is 0 Å². The molecule has 0 aromatic heterocycles. The van der Waals surface area contributed by atoms with Crippen molar-refractivity contribution in [2.75, 3.05) is 13.1 Å². The van der Waals surface area contributed by atoms with Crippen molar-refractivity contribution in [1.82, 2.24) is 5.32 Å². The van der Waals surface area contributed by atoms with E-state index in [0.29, 0.717) is 0 Å². The first-order valence-corrected chi connectivity index (χ1v) is 4.78. The third kappa shape index (κ3) is 9.08. The van der Waals surface area contributed by atoms with Gasteiger partial charge in [-0.2, -0.15) is 0 Å². The predicted molar refractivity (Wildman–Crippen MR) is 56.8 cm³/mol. The van der Waals surface area contributed by atoms with Gasteiger partial charge in [-0.15, -0.1) is 11.8 Å². The Bertz CT molecular complexity index is 230. The lowest BCUT2D eigenvalue weighted by Crippen LogP contribution is -2.31. The zero-order chi connectivity index (χ0) is 11.0. The van der Waals surface area contributed by atoms with Crippen molar-refractivity contribution in [2.45, 2.75) is 39.7 Å². The van der Waals surface area contributed by atoms with Crippen LogP contribution in [-0.4, -0.2) is 24.7 Å². The number of carbonyl (C=O) groups excluding carboxylic acids is 1. The van der Waals surface area contributed by atoms with Gasteiger partial charge in [0.1, 0.15) is 5.60 Å². The fourth-order valence-electron chi connectivity index (χ4n) is 0.844. The van der Waals surface area contributed by atoms with Crippen LogP contribution < -0.4 is 5.32 Å². The third-order valence-electron chi connectivity index (χ3n) is 1.29. The summed E-state index contributed by atoms with van der Waals surface area (Å²) in [5.41, 5.74) is -0.401. The molecule has 0 saturated heterocycles. The molecule has 0 spiro atoms. The molecule has 0 aliphatic carbocycles. The van der Waals surface area contributed by atoms with Crippen LogP contribution in [0.4, 0.5) is 0 Å². The van der Waals surface area contributed by atoms with E-state index in [1.807, 2.05) is 20.8 Å². The van der Waals surface area contributed by atoms with E-state index in [0.717, 1.165) is 13.0 Å². The standard InChI is InChI=1S/C11H19NO2/c1-5-6-7-8-12-9-10(13)14-11(2,3)4/h12H,7-9H2,1-4H3. The average molecular weight is 197 g/mol. The quantitative estimate of drug-likeness (QED) is 0.420. The van der Waals surface area contributed by atoms with Gasteiger partial charge in [0.25, 0.3) is 0 Å². The summed E-state index contributed by atoms with van der Waals surface area (Å²) < 4.78 is 5.11. The summed E-state index contributed by atoms with van der Waals surface area (Å²) >= 11 is 0. The van der Waals surface area contributed by atoms with Crippen LogP contribution in [0.3, 0.4) is 0 Å². The Hall–Kier alpha value is -1.01. The molecule has 0 bridgehead atoms. The Balaban J connectivity index is 3.49. The van der Waals surface area contributed by atoms with Crippen LogP contribution in [0.1, 0.15) is 34.1 Å². The second-order valence-electron chi connectivity index (χ2n) is 3.94. The molecule has 0 aliphatic heterocycles. The van der Waals surface area contributed by atoms with Crippen molar-refractivity contribution in [3.8, 4) is 11.8 Å². The number of carbonyl (C=O) groups is 1. The molecule has 0 rings (SSSR count). The first-order valence-electron chi connectivity index (χ1n) is 4.78. The molecule has 0 aromatic carbocycles. The van der Waals surface area contributed by atoms with E-state index in [1.165, 1.54) is 0 Å². The monoisotopic (exact) mass is 197 g/mol. The van der Waals surface area contributed by atoms with E-state index in [-0.39, 0.29) is 12.5 Å². The Morgan fingerprint density at radius 1 is 1.43 bits per heavy atom. The highest BCUT2D eigenvalue weighted by Gasteiger charge is 2.15. The number of nitrogens with one attached hydrogen (secondary N) is 1. The van der Waals surface area contributed by atoms with Crippen molar-refractivity contribution in [3.63, 3.8) is 0 Å². The summed E-state index contributed by atoms with van der Waals surface area (Å²) in [5, 5.41) is 2.97. The molecule has 0 radical (unpaired) electrons. The minimum absolute atomic E-state index is 0.220. The van der Waals surface area contributed by atoms with Gasteiger partial charge in [-0.1, -0.05) is 0 Å². The van der Waals surface area contributed by atoms with Crippen LogP contribution in [-0.2, 0) is 9.53 Å². The maximum Gasteiger partial charge on any atom is 0.320 e. The van der Waals surface area contributed by atoms with Gasteiger partial charge < -0.3 is 10.1 Å². The van der Waals surface area contributed by atoms with Gasteiger partial charge in [0.05, 0.1) is 6.54 Å². The molecular weight excluding hydrogens is 178 g/mol. The van der Waals surface area contributed by atoms with Crippen molar-refractivity contribution >= 4 is 5.97 Å². The molecule has 0 heterocycles. The highest BCUT2D eigenvalue weighted by atomic mass is 16.6. The van der Waals surface area contributed by atoms with Crippen LogP contribution in [0.25, 0.3) is 0 Å². The fraction of sp³-hybridized carbons (Fsp3) is 0.727. The third-order valence-corrected chi connectivity index (χ3v) is 1.29. The number of rotatable bonds is 4. The topological polar surface area (TPSA) is 38.3 Å². The summed E-state index contributed by atoms with van der Waals surface area (Å²) in [4.78, 5) is 11.2. The zero-order valence-electron chi connectivity index (χ0n) is 9.44. The lowest BCUT2D eigenvalue weighted by molar-refractivity contribution is -0.153. The van der Waals surface area contributed by atoms with E-state index in [1.54, 1.807) is 6.92 Å². The SMILES string of the molecule is CC#CCCNCC(=O)OC(C)(C)C. The summed E-state index contributed by atoms with van der Waals surface area (Å²) in [6, 6.07) is 0. The summed E-state index contributed by atoms with van der Waals surface area (Å²) in [7, 11) is 0. The van der Waals surface area contributed by atoms with Gasteiger partial charge in [-0.05, 0) is 27.7 Å². The molecular formula is C11H19NO2. The molecule has 0 amide bonds. The van der Waals surface area contributed by atoms with E-state index < -0.39 is 5.60 Å². The molecule has 14 heavy (non-hydrogen) atoms. The fourth-order valence-corrected chi connectivity index (χ4v) is 0.844. The van der Waals surface area contributed by atoms with Gasteiger partial charge in [0.15, 0.2) is 0 Å². The molecule has 3 nitrogen and oxygen atoms in total. The van der Waals surface area contributed by atoms with Gasteiger partial charge in [-0.25, -0.2) is 0 Å². The predicted octanol–water partition coefficient (Wildman–Crippen LogP) is 1.33. The smallest absolute Gasteiger partial charge is 0.320 e. The van der Waals surface area contributed by atoms with E-state index in [4.69, 9.17) is 4.74 Å². The van der Waals surface area contributed by atoms with Crippen LogP contribution in [0, 0.1) is 11.8 Å². The van der Waals surface area contributed by atoms with Gasteiger partial charge in [-0.3, -0.25) is 4.79 Å². The minimum Gasteiger partial charge on any atom is -0.459 e. The Morgan fingerprint density at radius 3 is 2.57 bits per heavy atom. The van der Waals surface area contributed by atoms with Crippen molar-refractivity contribution in [1.29, 1.82) is 0 Å². The van der Waals surface area contributed by atoms with Crippen LogP contribution in [0.15, 0.2) is 0 Å². The second-order valence-corrected chi connectivity index (χ2v) is 3.94. The Kier molecular flexibility index (Phi) is 5.98. The van der Waals surface area contributed by atoms with Crippen LogP contribution in [0.5, 0.6) is 0 Å². The minimum atomic E-state index is -0.401.